The van der Waals surface area contributed by atoms with Gasteiger partial charge in [0, 0.05) is 25.1 Å². The number of benzene rings is 1. The highest BCUT2D eigenvalue weighted by atomic mass is 16.2. The van der Waals surface area contributed by atoms with Crippen LogP contribution in [-0.4, -0.2) is 30.5 Å². The highest BCUT2D eigenvalue weighted by Gasteiger charge is 2.06. The van der Waals surface area contributed by atoms with Crippen LogP contribution in [0.4, 0.5) is 4.79 Å². The molecule has 4 rings (SSSR count). The van der Waals surface area contributed by atoms with E-state index in [0.717, 1.165) is 22.4 Å². The van der Waals surface area contributed by atoms with E-state index in [4.69, 9.17) is 0 Å². The van der Waals surface area contributed by atoms with Gasteiger partial charge in [0.2, 0.25) is 0 Å². The molecule has 0 bridgehead atoms. The lowest BCUT2D eigenvalue weighted by atomic mass is 10.3. The van der Waals surface area contributed by atoms with Gasteiger partial charge in [-0.15, -0.1) is 0 Å². The van der Waals surface area contributed by atoms with Crippen LogP contribution in [0.25, 0.3) is 16.9 Å². The Morgan fingerprint density at radius 1 is 1.08 bits per heavy atom. The average Bonchev–Trinajstić information content (AvgIpc) is 3.31. The smallest absolute Gasteiger partial charge is 0.333 e. The summed E-state index contributed by atoms with van der Waals surface area (Å²) in [6.07, 6.45) is 6.80. The average molecular weight is 333 g/mol. The molecule has 4 aromatic rings. The van der Waals surface area contributed by atoms with Crippen LogP contribution in [-0.2, 0) is 6.54 Å². The van der Waals surface area contributed by atoms with Crippen molar-refractivity contribution in [2.75, 3.05) is 5.43 Å². The number of carbonyl (C=O) groups excluding carboxylic acids is 1. The zero-order valence-corrected chi connectivity index (χ0v) is 13.2. The fraction of sp³-hybridized carbons (Fsp3) is 0.0588. The van der Waals surface area contributed by atoms with Gasteiger partial charge in [-0.3, -0.25) is 0 Å². The largest absolute Gasteiger partial charge is 0.334 e. The maximum absolute atomic E-state index is 12.1. The Morgan fingerprint density at radius 3 is 2.80 bits per heavy atom. The van der Waals surface area contributed by atoms with Gasteiger partial charge in [-0.05, 0) is 29.8 Å². The normalized spacial score (nSPS) is 10.7. The Hall–Kier alpha value is -3.68. The minimum absolute atomic E-state index is 0.320. The number of carbonyl (C=O) groups is 1. The second-order valence-electron chi connectivity index (χ2n) is 5.37. The molecular weight excluding hydrogens is 318 g/mol. The van der Waals surface area contributed by atoms with Gasteiger partial charge in [-0.25, -0.2) is 29.5 Å². The summed E-state index contributed by atoms with van der Waals surface area (Å²) >= 11 is 0. The summed E-state index contributed by atoms with van der Waals surface area (Å²) in [7, 11) is 0. The van der Waals surface area contributed by atoms with E-state index < -0.39 is 0 Å². The molecule has 0 spiro atoms. The van der Waals surface area contributed by atoms with Gasteiger partial charge in [0.1, 0.15) is 6.33 Å². The van der Waals surface area contributed by atoms with Crippen molar-refractivity contribution in [3.8, 4) is 5.82 Å². The lowest BCUT2D eigenvalue weighted by Gasteiger charge is -2.09. The second kappa shape index (κ2) is 6.44. The van der Waals surface area contributed by atoms with Crippen LogP contribution in [0.5, 0.6) is 0 Å². The molecule has 8 heteroatoms. The van der Waals surface area contributed by atoms with E-state index in [1.807, 2.05) is 48.7 Å². The maximum atomic E-state index is 12.1. The van der Waals surface area contributed by atoms with E-state index in [1.54, 1.807) is 28.1 Å². The molecule has 0 unspecified atom stereocenters. The monoisotopic (exact) mass is 333 g/mol. The van der Waals surface area contributed by atoms with Crippen molar-refractivity contribution in [1.29, 1.82) is 0 Å². The number of rotatable bonds is 4. The predicted octanol–water partition coefficient (Wildman–Crippen LogP) is 2.07. The lowest BCUT2D eigenvalue weighted by Crippen LogP contribution is -2.33. The van der Waals surface area contributed by atoms with Crippen LogP contribution in [0.2, 0.25) is 0 Å². The number of para-hydroxylation sites is 2. The van der Waals surface area contributed by atoms with Crippen molar-refractivity contribution < 1.29 is 4.79 Å². The number of amides is 2. The number of aromatic nitrogens is 5. The number of nitrogens with zero attached hydrogens (tertiary/aromatic N) is 5. The number of hydrogen-bond donors (Lipinski definition) is 2. The summed E-state index contributed by atoms with van der Waals surface area (Å²) in [6.45, 7) is 0.366. The summed E-state index contributed by atoms with van der Waals surface area (Å²) < 4.78 is 3.26. The number of hydrogen-bond acceptors (Lipinski definition) is 4. The fourth-order valence-electron chi connectivity index (χ4n) is 2.44. The third-order valence-electron chi connectivity index (χ3n) is 3.68. The van der Waals surface area contributed by atoms with Crippen LogP contribution in [0.3, 0.4) is 0 Å². The summed E-state index contributed by atoms with van der Waals surface area (Å²) in [4.78, 5) is 20.6. The van der Waals surface area contributed by atoms with Gasteiger partial charge in [-0.2, -0.15) is 5.10 Å². The van der Waals surface area contributed by atoms with Crippen molar-refractivity contribution in [3.05, 3.63) is 72.9 Å². The van der Waals surface area contributed by atoms with E-state index in [2.05, 4.69) is 25.8 Å². The van der Waals surface area contributed by atoms with Crippen molar-refractivity contribution in [2.45, 2.75) is 6.54 Å². The third-order valence-corrected chi connectivity index (χ3v) is 3.68. The lowest BCUT2D eigenvalue weighted by molar-refractivity contribution is 0.249. The molecule has 0 aliphatic heterocycles. The van der Waals surface area contributed by atoms with E-state index in [0.29, 0.717) is 6.54 Å². The first-order chi connectivity index (χ1) is 12.3. The highest BCUT2D eigenvalue weighted by molar-refractivity contribution is 5.85. The molecule has 0 aliphatic rings. The van der Waals surface area contributed by atoms with Crippen LogP contribution < -0.4 is 10.7 Å². The molecule has 124 valence electrons. The number of pyridine rings is 1. The van der Waals surface area contributed by atoms with Crippen LogP contribution in [0.1, 0.15) is 5.56 Å². The molecule has 25 heavy (non-hydrogen) atoms. The van der Waals surface area contributed by atoms with Gasteiger partial charge >= 0.3 is 6.03 Å². The van der Waals surface area contributed by atoms with Gasteiger partial charge in [0.05, 0.1) is 11.0 Å². The molecule has 0 atom stereocenters. The van der Waals surface area contributed by atoms with Crippen molar-refractivity contribution in [2.24, 2.45) is 0 Å². The molecule has 3 aromatic heterocycles. The fourth-order valence-corrected chi connectivity index (χ4v) is 2.44. The third kappa shape index (κ3) is 3.18. The number of urea groups is 1. The minimum Gasteiger partial charge on any atom is -0.333 e. The predicted molar refractivity (Wildman–Crippen MR) is 92.7 cm³/mol. The number of imidazole rings is 1. The first-order valence-electron chi connectivity index (χ1n) is 7.71. The SMILES string of the molecule is O=C(NCc1ccc(-n2cccn2)nc1)Nn1cnc2ccccc21. The summed E-state index contributed by atoms with van der Waals surface area (Å²) in [6, 6.07) is 12.8. The number of nitrogens with one attached hydrogen (secondary N) is 2. The van der Waals surface area contributed by atoms with Crippen LogP contribution in [0.15, 0.2) is 67.4 Å². The van der Waals surface area contributed by atoms with E-state index >= 15 is 0 Å². The van der Waals surface area contributed by atoms with Crippen molar-refractivity contribution >= 4 is 17.1 Å². The molecule has 0 radical (unpaired) electrons. The van der Waals surface area contributed by atoms with E-state index in [-0.39, 0.29) is 6.03 Å². The standard InChI is InChI=1S/C17H15N7O/c25-17(22-24-12-20-14-4-1-2-5-15(14)24)19-11-13-6-7-16(18-10-13)23-9-3-8-21-23/h1-10,12H,11H2,(H2,19,22,25). The zero-order chi connectivity index (χ0) is 17.1. The maximum Gasteiger partial charge on any atom is 0.334 e. The molecule has 0 saturated heterocycles. The summed E-state index contributed by atoms with van der Waals surface area (Å²) in [5, 5.41) is 6.92. The van der Waals surface area contributed by atoms with Crippen molar-refractivity contribution in [3.63, 3.8) is 0 Å². The Kier molecular flexibility index (Phi) is 3.83. The van der Waals surface area contributed by atoms with Gasteiger partial charge in [0.25, 0.3) is 0 Å². The Balaban J connectivity index is 1.37. The van der Waals surface area contributed by atoms with Crippen LogP contribution in [0, 0.1) is 0 Å². The quantitative estimate of drug-likeness (QED) is 0.598. The minimum atomic E-state index is -0.320. The van der Waals surface area contributed by atoms with Gasteiger partial charge in [-0.1, -0.05) is 18.2 Å². The molecule has 0 saturated carbocycles. The first-order valence-corrected chi connectivity index (χ1v) is 7.71. The van der Waals surface area contributed by atoms with E-state index in [9.17, 15) is 4.79 Å². The Labute approximate surface area is 143 Å². The van der Waals surface area contributed by atoms with Crippen LogP contribution >= 0.6 is 0 Å². The molecule has 3 heterocycles. The highest BCUT2D eigenvalue weighted by Crippen LogP contribution is 2.10. The molecule has 0 fully saturated rings. The molecule has 0 aliphatic carbocycles. The van der Waals surface area contributed by atoms with E-state index in [1.165, 1.54) is 0 Å². The summed E-state index contributed by atoms with van der Waals surface area (Å²) in [5.74, 6) is 0.725. The Morgan fingerprint density at radius 2 is 2.00 bits per heavy atom. The first kappa shape index (κ1) is 14.9. The van der Waals surface area contributed by atoms with Crippen molar-refractivity contribution in [1.82, 2.24) is 29.7 Å². The number of fused-ring (bicyclic) bond motifs is 1. The topological polar surface area (TPSA) is 89.7 Å². The molecule has 8 nitrogen and oxygen atoms in total. The Bertz CT molecular complexity index is 989. The molecular formula is C17H15N7O. The molecule has 2 N–H and O–H groups in total. The van der Waals surface area contributed by atoms with Gasteiger partial charge in [0.15, 0.2) is 5.82 Å². The molecule has 1 aromatic carbocycles. The molecule has 2 amide bonds. The summed E-state index contributed by atoms with van der Waals surface area (Å²) in [5.41, 5.74) is 5.29. The van der Waals surface area contributed by atoms with Gasteiger partial charge < -0.3 is 5.32 Å². The second-order valence-corrected chi connectivity index (χ2v) is 5.37. The zero-order valence-electron chi connectivity index (χ0n) is 13.2.